The Hall–Kier alpha value is -1.80. The maximum atomic E-state index is 12.3. The van der Waals surface area contributed by atoms with Crippen molar-refractivity contribution in [3.63, 3.8) is 0 Å². The number of thioether (sulfide) groups is 1. The highest BCUT2D eigenvalue weighted by molar-refractivity contribution is 9.10. The highest BCUT2D eigenvalue weighted by Gasteiger charge is 2.25. The summed E-state index contributed by atoms with van der Waals surface area (Å²) in [6.45, 7) is 1.51. The molecule has 2 aliphatic heterocycles. The minimum Gasteiger partial charge on any atom is -0.483 e. The monoisotopic (exact) mass is 424 g/mol. The molecule has 2 saturated heterocycles. The Bertz CT molecular complexity index is 744. The molecule has 0 spiro atoms. The third-order valence-corrected chi connectivity index (χ3v) is 5.26. The molecule has 0 atom stereocenters. The topological polar surface area (TPSA) is 75.7 Å². The van der Waals surface area contributed by atoms with E-state index in [1.807, 2.05) is 4.90 Å². The van der Waals surface area contributed by atoms with Crippen LogP contribution in [0.5, 0.6) is 5.75 Å². The number of hydrogen-bond acceptors (Lipinski definition) is 5. The first-order chi connectivity index (χ1) is 12.0. The van der Waals surface area contributed by atoms with E-state index in [9.17, 15) is 14.4 Å². The fourth-order valence-electron chi connectivity index (χ4n) is 2.70. The van der Waals surface area contributed by atoms with E-state index in [2.05, 4.69) is 21.2 Å². The van der Waals surface area contributed by atoms with Gasteiger partial charge in [0.2, 0.25) is 0 Å². The molecule has 2 fully saturated rings. The summed E-state index contributed by atoms with van der Waals surface area (Å²) >= 11 is 4.23. The number of halogens is 1. The molecule has 3 rings (SSSR count). The lowest BCUT2D eigenvalue weighted by molar-refractivity contribution is -0.134. The summed E-state index contributed by atoms with van der Waals surface area (Å²) in [7, 11) is 0. The predicted octanol–water partition coefficient (Wildman–Crippen LogP) is 3.16. The molecule has 2 heterocycles. The maximum absolute atomic E-state index is 12.3. The lowest BCUT2D eigenvalue weighted by Crippen LogP contribution is -2.38. The molecule has 0 radical (unpaired) electrons. The largest absolute Gasteiger partial charge is 0.483 e. The van der Waals surface area contributed by atoms with Gasteiger partial charge in [-0.25, -0.2) is 0 Å². The SMILES string of the molecule is O=C1NC(=O)/C(=C/c2cc(Br)ccc2OCC(=O)N2CCCCC2)S1. The fourth-order valence-corrected chi connectivity index (χ4v) is 3.75. The number of benzene rings is 1. The number of nitrogens with one attached hydrogen (secondary N) is 1. The molecule has 1 aromatic rings. The zero-order valence-electron chi connectivity index (χ0n) is 13.4. The molecule has 0 aromatic heterocycles. The number of hydrogen-bond donors (Lipinski definition) is 1. The lowest BCUT2D eigenvalue weighted by atomic mass is 10.1. The number of piperidine rings is 1. The number of likely N-dealkylation sites (tertiary alicyclic amines) is 1. The second kappa shape index (κ2) is 8.05. The molecule has 0 bridgehead atoms. The summed E-state index contributed by atoms with van der Waals surface area (Å²) in [5.74, 6) is 0.0310. The van der Waals surface area contributed by atoms with E-state index in [1.54, 1.807) is 24.3 Å². The second-order valence-corrected chi connectivity index (χ2v) is 7.69. The normalized spacial score (nSPS) is 19.2. The molecule has 8 heteroatoms. The van der Waals surface area contributed by atoms with Crippen molar-refractivity contribution in [2.24, 2.45) is 0 Å². The summed E-state index contributed by atoms with van der Waals surface area (Å²) < 4.78 is 6.51. The number of ether oxygens (including phenoxy) is 1. The highest BCUT2D eigenvalue weighted by Crippen LogP contribution is 2.31. The zero-order chi connectivity index (χ0) is 17.8. The Morgan fingerprint density at radius 3 is 2.72 bits per heavy atom. The van der Waals surface area contributed by atoms with Gasteiger partial charge in [0.1, 0.15) is 5.75 Å². The van der Waals surface area contributed by atoms with E-state index >= 15 is 0 Å². The Kier molecular flexibility index (Phi) is 5.80. The minimum atomic E-state index is -0.426. The summed E-state index contributed by atoms with van der Waals surface area (Å²) in [6.07, 6.45) is 4.81. The van der Waals surface area contributed by atoms with E-state index in [0.717, 1.165) is 48.6 Å². The van der Waals surface area contributed by atoms with Gasteiger partial charge < -0.3 is 9.64 Å². The Balaban J connectivity index is 1.73. The average Bonchev–Trinajstić information content (AvgIpc) is 2.92. The summed E-state index contributed by atoms with van der Waals surface area (Å²) in [5.41, 5.74) is 0.633. The van der Waals surface area contributed by atoms with Crippen molar-refractivity contribution >= 4 is 50.8 Å². The lowest BCUT2D eigenvalue weighted by Gasteiger charge is -2.26. The molecule has 2 aliphatic rings. The number of imide groups is 1. The number of amides is 3. The van der Waals surface area contributed by atoms with Gasteiger partial charge in [0.15, 0.2) is 6.61 Å². The van der Waals surface area contributed by atoms with Crippen LogP contribution >= 0.6 is 27.7 Å². The van der Waals surface area contributed by atoms with Gasteiger partial charge in [0, 0.05) is 23.1 Å². The first-order valence-electron chi connectivity index (χ1n) is 7.98. The second-order valence-electron chi connectivity index (χ2n) is 5.76. The molecule has 132 valence electrons. The van der Waals surface area contributed by atoms with Crippen LogP contribution in [-0.4, -0.2) is 41.6 Å². The summed E-state index contributed by atoms with van der Waals surface area (Å²) in [4.78, 5) is 37.4. The van der Waals surface area contributed by atoms with Gasteiger partial charge >= 0.3 is 0 Å². The van der Waals surface area contributed by atoms with Crippen molar-refractivity contribution in [2.75, 3.05) is 19.7 Å². The van der Waals surface area contributed by atoms with Gasteiger partial charge in [0.25, 0.3) is 17.1 Å². The Morgan fingerprint density at radius 2 is 2.04 bits per heavy atom. The highest BCUT2D eigenvalue weighted by atomic mass is 79.9. The molecule has 6 nitrogen and oxygen atoms in total. The van der Waals surface area contributed by atoms with Crippen LogP contribution in [0.25, 0.3) is 6.08 Å². The molecular weight excluding hydrogens is 408 g/mol. The van der Waals surface area contributed by atoms with Crippen molar-refractivity contribution in [3.8, 4) is 5.75 Å². The Morgan fingerprint density at radius 1 is 1.28 bits per heavy atom. The molecular formula is C17H17BrN2O4S. The van der Waals surface area contributed by atoms with Crippen LogP contribution in [0, 0.1) is 0 Å². The van der Waals surface area contributed by atoms with Crippen LogP contribution in [0.4, 0.5) is 4.79 Å². The number of rotatable bonds is 4. The smallest absolute Gasteiger partial charge is 0.290 e. The molecule has 1 aromatic carbocycles. The molecule has 25 heavy (non-hydrogen) atoms. The van der Waals surface area contributed by atoms with Crippen LogP contribution in [-0.2, 0) is 9.59 Å². The zero-order valence-corrected chi connectivity index (χ0v) is 15.8. The number of carbonyl (C=O) groups is 3. The third kappa shape index (κ3) is 4.64. The first-order valence-corrected chi connectivity index (χ1v) is 9.59. The molecule has 3 amide bonds. The van der Waals surface area contributed by atoms with Crippen molar-refractivity contribution in [1.29, 1.82) is 0 Å². The minimum absolute atomic E-state index is 0.0376. The van der Waals surface area contributed by atoms with E-state index in [4.69, 9.17) is 4.74 Å². The summed E-state index contributed by atoms with van der Waals surface area (Å²) in [5, 5.41) is 1.82. The summed E-state index contributed by atoms with van der Waals surface area (Å²) in [6, 6.07) is 5.32. The first kappa shape index (κ1) is 18.0. The van der Waals surface area contributed by atoms with Crippen LogP contribution < -0.4 is 10.1 Å². The van der Waals surface area contributed by atoms with E-state index in [1.165, 1.54) is 0 Å². The standard InChI is InChI=1S/C17H17BrN2O4S/c18-12-4-5-13(24-10-15(21)20-6-2-1-3-7-20)11(8-12)9-14-16(22)19-17(23)25-14/h4-5,8-9H,1-3,6-7,10H2,(H,19,22,23)/b14-9-. The van der Waals surface area contributed by atoms with Gasteiger partial charge in [-0.1, -0.05) is 15.9 Å². The predicted molar refractivity (Wildman–Crippen MR) is 99.2 cm³/mol. The van der Waals surface area contributed by atoms with Crippen LogP contribution in [0.2, 0.25) is 0 Å². The molecule has 0 unspecified atom stereocenters. The van der Waals surface area contributed by atoms with Crippen molar-refractivity contribution in [2.45, 2.75) is 19.3 Å². The average molecular weight is 425 g/mol. The van der Waals surface area contributed by atoms with Gasteiger partial charge in [0.05, 0.1) is 4.91 Å². The fraction of sp³-hybridized carbons (Fsp3) is 0.353. The van der Waals surface area contributed by atoms with Gasteiger partial charge in [-0.2, -0.15) is 0 Å². The van der Waals surface area contributed by atoms with Crippen molar-refractivity contribution in [1.82, 2.24) is 10.2 Å². The maximum Gasteiger partial charge on any atom is 0.290 e. The van der Waals surface area contributed by atoms with Crippen LogP contribution in [0.3, 0.4) is 0 Å². The van der Waals surface area contributed by atoms with Crippen LogP contribution in [0.1, 0.15) is 24.8 Å². The van der Waals surface area contributed by atoms with Crippen molar-refractivity contribution in [3.05, 3.63) is 33.1 Å². The number of carbonyl (C=O) groups excluding carboxylic acids is 3. The molecule has 0 saturated carbocycles. The van der Waals surface area contributed by atoms with Crippen LogP contribution in [0.15, 0.2) is 27.6 Å². The van der Waals surface area contributed by atoms with Gasteiger partial charge in [-0.15, -0.1) is 0 Å². The van der Waals surface area contributed by atoms with E-state index in [0.29, 0.717) is 16.2 Å². The van der Waals surface area contributed by atoms with Gasteiger partial charge in [-0.3, -0.25) is 19.7 Å². The van der Waals surface area contributed by atoms with Crippen molar-refractivity contribution < 1.29 is 19.1 Å². The molecule has 1 N–H and O–H groups in total. The third-order valence-electron chi connectivity index (χ3n) is 3.96. The Labute approximate surface area is 158 Å². The van der Waals surface area contributed by atoms with E-state index < -0.39 is 11.1 Å². The van der Waals surface area contributed by atoms with E-state index in [-0.39, 0.29) is 12.5 Å². The van der Waals surface area contributed by atoms with Gasteiger partial charge in [-0.05, 0) is 55.3 Å². The quantitative estimate of drug-likeness (QED) is 0.751. The molecule has 0 aliphatic carbocycles. The number of nitrogens with zero attached hydrogens (tertiary/aromatic N) is 1.